The third kappa shape index (κ3) is 2.21. The van der Waals surface area contributed by atoms with E-state index in [0.29, 0.717) is 0 Å². The Labute approximate surface area is 97.2 Å². The van der Waals surface area contributed by atoms with Crippen molar-refractivity contribution in [3.05, 3.63) is 28.0 Å². The molecule has 1 aromatic heterocycles. The summed E-state index contributed by atoms with van der Waals surface area (Å²) in [6.07, 6.45) is 0.882. The SMILES string of the molecule is Cc1nc2c(Br)cc(CC(C)N)cc2[nH]1. The van der Waals surface area contributed by atoms with Crippen LogP contribution < -0.4 is 5.73 Å². The standard InChI is InChI=1S/C11H14BrN3/c1-6(13)3-8-4-9(12)11-10(5-8)14-7(2)15-11/h4-6H,3,13H2,1-2H3,(H,14,15). The number of nitrogens with two attached hydrogens (primary N) is 1. The highest BCUT2D eigenvalue weighted by molar-refractivity contribution is 9.10. The Kier molecular flexibility index (Phi) is 2.80. The van der Waals surface area contributed by atoms with Crippen molar-refractivity contribution in [1.29, 1.82) is 0 Å². The van der Waals surface area contributed by atoms with Crippen molar-refractivity contribution in [3.63, 3.8) is 0 Å². The minimum absolute atomic E-state index is 0.179. The second-order valence-corrected chi connectivity index (χ2v) is 4.83. The summed E-state index contributed by atoms with van der Waals surface area (Å²) in [7, 11) is 0. The molecule has 1 heterocycles. The molecule has 2 aromatic rings. The van der Waals surface area contributed by atoms with Crippen LogP contribution in [0.4, 0.5) is 0 Å². The first-order valence-corrected chi connectivity index (χ1v) is 5.76. The Hall–Kier alpha value is -0.870. The van der Waals surface area contributed by atoms with Crippen LogP contribution in [0.15, 0.2) is 16.6 Å². The lowest BCUT2D eigenvalue weighted by Gasteiger charge is -2.05. The van der Waals surface area contributed by atoms with Crippen LogP contribution in [0.3, 0.4) is 0 Å². The van der Waals surface area contributed by atoms with Crippen LogP contribution in [0, 0.1) is 6.92 Å². The number of halogens is 1. The number of rotatable bonds is 2. The number of nitrogens with one attached hydrogen (secondary N) is 1. The number of nitrogens with zero attached hydrogens (tertiary/aromatic N) is 1. The number of aromatic nitrogens is 2. The number of hydrogen-bond acceptors (Lipinski definition) is 2. The van der Waals surface area contributed by atoms with E-state index in [-0.39, 0.29) is 6.04 Å². The third-order valence-corrected chi connectivity index (χ3v) is 2.88. The van der Waals surface area contributed by atoms with Crippen LogP contribution in [-0.4, -0.2) is 16.0 Å². The lowest BCUT2D eigenvalue weighted by molar-refractivity contribution is 0.738. The van der Waals surface area contributed by atoms with E-state index in [9.17, 15) is 0 Å². The van der Waals surface area contributed by atoms with E-state index in [0.717, 1.165) is 27.8 Å². The Morgan fingerprint density at radius 1 is 1.53 bits per heavy atom. The predicted molar refractivity (Wildman–Crippen MR) is 65.9 cm³/mol. The molecule has 0 saturated heterocycles. The number of fused-ring (bicyclic) bond motifs is 1. The molecular weight excluding hydrogens is 254 g/mol. The van der Waals surface area contributed by atoms with Gasteiger partial charge in [0.25, 0.3) is 0 Å². The van der Waals surface area contributed by atoms with Gasteiger partial charge in [-0.2, -0.15) is 0 Å². The lowest BCUT2D eigenvalue weighted by Crippen LogP contribution is -2.17. The van der Waals surface area contributed by atoms with Crippen LogP contribution in [0.25, 0.3) is 11.0 Å². The van der Waals surface area contributed by atoms with E-state index in [2.05, 4.69) is 38.0 Å². The highest BCUT2D eigenvalue weighted by atomic mass is 79.9. The Morgan fingerprint density at radius 3 is 2.93 bits per heavy atom. The largest absolute Gasteiger partial charge is 0.342 e. The summed E-state index contributed by atoms with van der Waals surface area (Å²) in [5.74, 6) is 0.934. The first-order chi connectivity index (χ1) is 7.06. The summed E-state index contributed by atoms with van der Waals surface area (Å²) in [6.45, 7) is 3.97. The van der Waals surface area contributed by atoms with E-state index < -0.39 is 0 Å². The third-order valence-electron chi connectivity index (χ3n) is 2.28. The van der Waals surface area contributed by atoms with E-state index in [1.807, 2.05) is 13.8 Å². The first kappa shape index (κ1) is 10.6. The van der Waals surface area contributed by atoms with Crippen molar-refractivity contribution in [1.82, 2.24) is 9.97 Å². The average Bonchev–Trinajstić information content (AvgIpc) is 2.44. The van der Waals surface area contributed by atoms with Gasteiger partial charge < -0.3 is 10.7 Å². The van der Waals surface area contributed by atoms with Crippen LogP contribution in [0.1, 0.15) is 18.3 Å². The maximum atomic E-state index is 5.78. The molecule has 0 bridgehead atoms. The van der Waals surface area contributed by atoms with Gasteiger partial charge in [-0.05, 0) is 53.9 Å². The van der Waals surface area contributed by atoms with Gasteiger partial charge in [-0.15, -0.1) is 0 Å². The fourth-order valence-corrected chi connectivity index (χ4v) is 2.34. The highest BCUT2D eigenvalue weighted by Gasteiger charge is 2.07. The molecule has 3 nitrogen and oxygen atoms in total. The molecular formula is C11H14BrN3. The highest BCUT2D eigenvalue weighted by Crippen LogP contribution is 2.24. The molecule has 1 atom stereocenters. The number of benzene rings is 1. The molecule has 0 aliphatic carbocycles. The van der Waals surface area contributed by atoms with Crippen LogP contribution >= 0.6 is 15.9 Å². The zero-order chi connectivity index (χ0) is 11.0. The molecule has 0 aliphatic rings. The fraction of sp³-hybridized carbons (Fsp3) is 0.364. The molecule has 0 radical (unpaired) electrons. The minimum atomic E-state index is 0.179. The van der Waals surface area contributed by atoms with Crippen molar-refractivity contribution < 1.29 is 0 Å². The fourth-order valence-electron chi connectivity index (χ4n) is 1.74. The Morgan fingerprint density at radius 2 is 2.27 bits per heavy atom. The van der Waals surface area contributed by atoms with Crippen molar-refractivity contribution >= 4 is 27.0 Å². The summed E-state index contributed by atoms with van der Waals surface area (Å²) >= 11 is 3.53. The first-order valence-electron chi connectivity index (χ1n) is 4.96. The van der Waals surface area contributed by atoms with Gasteiger partial charge >= 0.3 is 0 Å². The molecule has 2 rings (SSSR count). The van der Waals surface area contributed by atoms with Gasteiger partial charge in [-0.3, -0.25) is 0 Å². The van der Waals surface area contributed by atoms with Gasteiger partial charge in [0.05, 0.1) is 5.52 Å². The number of hydrogen-bond donors (Lipinski definition) is 2. The molecule has 1 unspecified atom stereocenters. The second kappa shape index (κ2) is 3.94. The molecule has 80 valence electrons. The quantitative estimate of drug-likeness (QED) is 0.879. The van der Waals surface area contributed by atoms with E-state index in [1.165, 1.54) is 5.56 Å². The van der Waals surface area contributed by atoms with Gasteiger partial charge in [0.15, 0.2) is 0 Å². The summed E-state index contributed by atoms with van der Waals surface area (Å²) in [6, 6.07) is 4.38. The summed E-state index contributed by atoms with van der Waals surface area (Å²) < 4.78 is 1.03. The summed E-state index contributed by atoms with van der Waals surface area (Å²) in [5.41, 5.74) is 9.07. The predicted octanol–water partition coefficient (Wildman–Crippen LogP) is 2.52. The normalized spacial score (nSPS) is 13.3. The molecule has 4 heteroatoms. The summed E-state index contributed by atoms with van der Waals surface area (Å²) in [4.78, 5) is 7.63. The lowest BCUT2D eigenvalue weighted by atomic mass is 10.1. The van der Waals surface area contributed by atoms with Crippen molar-refractivity contribution in [2.75, 3.05) is 0 Å². The van der Waals surface area contributed by atoms with E-state index >= 15 is 0 Å². The van der Waals surface area contributed by atoms with Gasteiger partial charge in [0.2, 0.25) is 0 Å². The Balaban J connectivity index is 2.51. The van der Waals surface area contributed by atoms with Gasteiger partial charge in [-0.25, -0.2) is 4.98 Å². The minimum Gasteiger partial charge on any atom is -0.342 e. The molecule has 1 aromatic carbocycles. The monoisotopic (exact) mass is 267 g/mol. The molecule has 0 saturated carbocycles. The maximum Gasteiger partial charge on any atom is 0.104 e. The van der Waals surface area contributed by atoms with E-state index in [4.69, 9.17) is 5.73 Å². The van der Waals surface area contributed by atoms with Gasteiger partial charge in [0.1, 0.15) is 11.3 Å². The molecule has 15 heavy (non-hydrogen) atoms. The van der Waals surface area contributed by atoms with Crippen LogP contribution in [0.2, 0.25) is 0 Å². The second-order valence-electron chi connectivity index (χ2n) is 3.98. The van der Waals surface area contributed by atoms with Crippen molar-refractivity contribution in [2.45, 2.75) is 26.3 Å². The topological polar surface area (TPSA) is 54.7 Å². The number of imidazole rings is 1. The van der Waals surface area contributed by atoms with Gasteiger partial charge in [0, 0.05) is 10.5 Å². The molecule has 0 amide bonds. The smallest absolute Gasteiger partial charge is 0.104 e. The zero-order valence-corrected chi connectivity index (χ0v) is 10.4. The summed E-state index contributed by atoms with van der Waals surface area (Å²) in [5, 5.41) is 0. The molecule has 0 fully saturated rings. The van der Waals surface area contributed by atoms with Crippen LogP contribution in [0.5, 0.6) is 0 Å². The molecule has 3 N–H and O–H groups in total. The number of H-pyrrole nitrogens is 1. The van der Waals surface area contributed by atoms with Crippen LogP contribution in [-0.2, 0) is 6.42 Å². The number of aryl methyl sites for hydroxylation is 1. The van der Waals surface area contributed by atoms with Gasteiger partial charge in [-0.1, -0.05) is 0 Å². The van der Waals surface area contributed by atoms with Crippen molar-refractivity contribution in [2.24, 2.45) is 5.73 Å². The zero-order valence-electron chi connectivity index (χ0n) is 8.84. The number of aromatic amines is 1. The molecule has 0 aliphatic heterocycles. The van der Waals surface area contributed by atoms with E-state index in [1.54, 1.807) is 0 Å². The maximum absolute atomic E-state index is 5.78. The Bertz CT molecular complexity index is 488. The average molecular weight is 268 g/mol. The molecule has 0 spiro atoms. The van der Waals surface area contributed by atoms with Crippen molar-refractivity contribution in [3.8, 4) is 0 Å².